The van der Waals surface area contributed by atoms with Crippen molar-refractivity contribution in [3.05, 3.63) is 53.6 Å². The second kappa shape index (κ2) is 16.9. The topological polar surface area (TPSA) is 84.5 Å². The van der Waals surface area contributed by atoms with Gasteiger partial charge in [-0.2, -0.15) is 0 Å². The van der Waals surface area contributed by atoms with Gasteiger partial charge in [0.25, 0.3) is 11.8 Å². The number of rotatable bonds is 17. The molecular formula is C29H42N2O4S. The molecule has 1 unspecified atom stereocenters. The van der Waals surface area contributed by atoms with E-state index in [2.05, 4.69) is 24.5 Å². The molecule has 0 aliphatic rings. The van der Waals surface area contributed by atoms with Gasteiger partial charge in [0.15, 0.2) is 0 Å². The van der Waals surface area contributed by atoms with Crippen LogP contribution in [0.25, 0.3) is 0 Å². The summed E-state index contributed by atoms with van der Waals surface area (Å²) in [5.41, 5.74) is 1.25. The van der Waals surface area contributed by atoms with Crippen LogP contribution in [0.3, 0.4) is 0 Å². The quantitative estimate of drug-likeness (QED) is 0.229. The number of ether oxygens (including phenoxy) is 1. The average Bonchev–Trinajstić information content (AvgIpc) is 2.88. The lowest BCUT2D eigenvalue weighted by atomic mass is 10.1. The van der Waals surface area contributed by atoms with E-state index in [0.29, 0.717) is 34.9 Å². The van der Waals surface area contributed by atoms with E-state index in [-0.39, 0.29) is 11.8 Å². The monoisotopic (exact) mass is 514 g/mol. The lowest BCUT2D eigenvalue weighted by Crippen LogP contribution is -2.24. The molecule has 0 bridgehead atoms. The fourth-order valence-electron chi connectivity index (χ4n) is 3.82. The van der Waals surface area contributed by atoms with Crippen molar-refractivity contribution in [2.24, 2.45) is 0 Å². The van der Waals surface area contributed by atoms with E-state index in [0.717, 1.165) is 25.0 Å². The highest BCUT2D eigenvalue weighted by Gasteiger charge is 2.15. The zero-order valence-corrected chi connectivity index (χ0v) is 22.9. The van der Waals surface area contributed by atoms with Crippen LogP contribution in [0.4, 0.5) is 5.69 Å². The Bertz CT molecular complexity index is 976. The van der Waals surface area contributed by atoms with E-state index < -0.39 is 10.8 Å². The zero-order chi connectivity index (χ0) is 26.2. The molecule has 2 aromatic carbocycles. The van der Waals surface area contributed by atoms with Crippen LogP contribution in [0.15, 0.2) is 47.4 Å². The summed E-state index contributed by atoms with van der Waals surface area (Å²) in [5.74, 6) is 0.181. The van der Waals surface area contributed by atoms with E-state index in [1.54, 1.807) is 48.7 Å². The number of carbonyl (C=O) groups excluding carboxylic acids is 2. The molecule has 6 nitrogen and oxygen atoms in total. The number of amides is 2. The number of hydrogen-bond donors (Lipinski definition) is 2. The summed E-state index contributed by atoms with van der Waals surface area (Å²) in [6.07, 6.45) is 13.4. The predicted octanol–water partition coefficient (Wildman–Crippen LogP) is 6.73. The Balaban J connectivity index is 1.89. The molecule has 36 heavy (non-hydrogen) atoms. The van der Waals surface area contributed by atoms with E-state index in [9.17, 15) is 13.8 Å². The van der Waals surface area contributed by atoms with Crippen LogP contribution in [-0.4, -0.2) is 35.4 Å². The first-order valence-corrected chi connectivity index (χ1v) is 14.8. The molecule has 2 N–H and O–H groups in total. The van der Waals surface area contributed by atoms with Crippen LogP contribution in [0.1, 0.15) is 98.8 Å². The maximum absolute atomic E-state index is 12.9. The van der Waals surface area contributed by atoms with Crippen LogP contribution in [0.5, 0.6) is 5.75 Å². The first-order chi connectivity index (χ1) is 17.5. The number of nitrogens with one attached hydrogen (secondary N) is 2. The molecule has 2 aromatic rings. The van der Waals surface area contributed by atoms with Crippen molar-refractivity contribution in [2.75, 3.05) is 24.7 Å². The molecule has 0 fully saturated rings. The fraction of sp³-hybridized carbons (Fsp3) is 0.517. The summed E-state index contributed by atoms with van der Waals surface area (Å²) < 4.78 is 18.0. The Morgan fingerprint density at radius 1 is 0.778 bits per heavy atom. The van der Waals surface area contributed by atoms with Gasteiger partial charge in [-0.3, -0.25) is 13.8 Å². The zero-order valence-electron chi connectivity index (χ0n) is 22.1. The third kappa shape index (κ3) is 10.5. The van der Waals surface area contributed by atoms with Gasteiger partial charge in [-0.05, 0) is 55.3 Å². The molecule has 198 valence electrons. The lowest BCUT2D eigenvalue weighted by Gasteiger charge is -2.12. The van der Waals surface area contributed by atoms with Crippen molar-refractivity contribution < 1.29 is 18.5 Å². The van der Waals surface area contributed by atoms with Crippen molar-refractivity contribution in [1.29, 1.82) is 0 Å². The van der Waals surface area contributed by atoms with Gasteiger partial charge >= 0.3 is 0 Å². The second-order valence-corrected chi connectivity index (χ2v) is 10.4. The number of benzene rings is 2. The molecule has 7 heteroatoms. The minimum absolute atomic E-state index is 0.217. The highest BCUT2D eigenvalue weighted by Crippen LogP contribution is 2.23. The Kier molecular flexibility index (Phi) is 13.9. The summed E-state index contributed by atoms with van der Waals surface area (Å²) in [5, 5.41) is 5.69. The summed E-state index contributed by atoms with van der Waals surface area (Å²) in [4.78, 5) is 25.8. The highest BCUT2D eigenvalue weighted by atomic mass is 32.2. The van der Waals surface area contributed by atoms with Gasteiger partial charge in [-0.15, -0.1) is 0 Å². The second-order valence-electron chi connectivity index (χ2n) is 9.08. The maximum Gasteiger partial charge on any atom is 0.255 e. The smallest absolute Gasteiger partial charge is 0.255 e. The molecule has 0 radical (unpaired) electrons. The number of anilines is 1. The molecular weight excluding hydrogens is 472 g/mol. The molecule has 2 rings (SSSR count). The third-order valence-corrected chi connectivity index (χ3v) is 6.97. The first-order valence-electron chi connectivity index (χ1n) is 13.3. The number of unbranched alkanes of at least 4 members (excludes halogenated alkanes) is 8. The lowest BCUT2D eigenvalue weighted by molar-refractivity contribution is 0.0951. The molecule has 0 saturated carbocycles. The minimum Gasteiger partial charge on any atom is -0.494 e. The Morgan fingerprint density at radius 3 is 2.03 bits per heavy atom. The van der Waals surface area contributed by atoms with E-state index in [4.69, 9.17) is 4.74 Å². The van der Waals surface area contributed by atoms with Crippen molar-refractivity contribution in [3.8, 4) is 5.75 Å². The van der Waals surface area contributed by atoms with Crippen molar-refractivity contribution in [3.63, 3.8) is 0 Å². The molecule has 0 heterocycles. The summed E-state index contributed by atoms with van der Waals surface area (Å²) in [7, 11) is -1.32. The molecule has 0 aliphatic heterocycles. The maximum atomic E-state index is 12.9. The Labute approximate surface area is 219 Å². The van der Waals surface area contributed by atoms with Crippen molar-refractivity contribution in [1.82, 2.24) is 5.32 Å². The van der Waals surface area contributed by atoms with Crippen LogP contribution in [-0.2, 0) is 10.8 Å². The van der Waals surface area contributed by atoms with Gasteiger partial charge in [0, 0.05) is 23.9 Å². The SMILES string of the molecule is CCCCCCCCCCOc1ccc(C(=O)Nc2cc(C(=O)NCCCC)ccc2S(C)=O)cc1. The Hall–Kier alpha value is -2.67. The molecule has 2 amide bonds. The highest BCUT2D eigenvalue weighted by molar-refractivity contribution is 7.84. The molecule has 1 atom stereocenters. The number of hydrogen-bond acceptors (Lipinski definition) is 4. The van der Waals surface area contributed by atoms with Gasteiger partial charge in [0.2, 0.25) is 0 Å². The normalized spacial score (nSPS) is 11.6. The predicted molar refractivity (Wildman–Crippen MR) is 149 cm³/mol. The summed E-state index contributed by atoms with van der Waals surface area (Å²) >= 11 is 0. The van der Waals surface area contributed by atoms with Crippen LogP contribution in [0, 0.1) is 0 Å². The molecule has 0 saturated heterocycles. The van der Waals surface area contributed by atoms with Crippen molar-refractivity contribution in [2.45, 2.75) is 83.0 Å². The summed E-state index contributed by atoms with van der Waals surface area (Å²) in [6, 6.07) is 11.8. The fourth-order valence-corrected chi connectivity index (χ4v) is 4.50. The van der Waals surface area contributed by atoms with E-state index in [1.807, 2.05) is 0 Å². The summed E-state index contributed by atoms with van der Waals surface area (Å²) in [6.45, 7) is 5.55. The van der Waals surface area contributed by atoms with Crippen molar-refractivity contribution >= 4 is 28.3 Å². The molecule has 0 aromatic heterocycles. The van der Waals surface area contributed by atoms with E-state index >= 15 is 0 Å². The minimum atomic E-state index is -1.32. The third-order valence-electron chi connectivity index (χ3n) is 6.00. The van der Waals surface area contributed by atoms with Crippen LogP contribution in [0.2, 0.25) is 0 Å². The van der Waals surface area contributed by atoms with Crippen LogP contribution >= 0.6 is 0 Å². The number of carbonyl (C=O) groups is 2. The van der Waals surface area contributed by atoms with Gasteiger partial charge < -0.3 is 15.4 Å². The van der Waals surface area contributed by atoms with Gasteiger partial charge in [-0.25, -0.2) is 0 Å². The largest absolute Gasteiger partial charge is 0.494 e. The standard InChI is InChI=1S/C29H42N2O4S/c1-4-6-8-9-10-11-12-13-21-35-25-17-14-23(15-18-25)29(33)31-26-22-24(16-19-27(26)36(3)34)28(32)30-20-7-5-2/h14-19,22H,4-13,20-21H2,1-3H3,(H,30,32)(H,31,33). The van der Waals surface area contributed by atoms with Gasteiger partial charge in [0.1, 0.15) is 5.75 Å². The van der Waals surface area contributed by atoms with Gasteiger partial charge in [0.05, 0.1) is 28.0 Å². The average molecular weight is 515 g/mol. The van der Waals surface area contributed by atoms with E-state index in [1.165, 1.54) is 44.9 Å². The van der Waals surface area contributed by atoms with Gasteiger partial charge in [-0.1, -0.05) is 65.2 Å². The van der Waals surface area contributed by atoms with Crippen LogP contribution < -0.4 is 15.4 Å². The molecule has 0 aliphatic carbocycles. The first kappa shape index (κ1) is 29.6. The molecule has 0 spiro atoms. The Morgan fingerprint density at radius 2 is 1.39 bits per heavy atom.